The Balaban J connectivity index is 0.00000144. The molecule has 2 unspecified atom stereocenters. The lowest BCUT2D eigenvalue weighted by molar-refractivity contribution is -0.133. The second-order valence-electron chi connectivity index (χ2n) is 4.95. The molecule has 0 aromatic carbocycles. The SMILES string of the molecule is CN(CC1CCOC1)C(=O)C1CCCCN1.Cl. The maximum absolute atomic E-state index is 12.1. The van der Waals surface area contributed by atoms with Crippen molar-refractivity contribution in [3.05, 3.63) is 0 Å². The highest BCUT2D eigenvalue weighted by atomic mass is 35.5. The summed E-state index contributed by atoms with van der Waals surface area (Å²) in [5, 5.41) is 3.30. The van der Waals surface area contributed by atoms with Gasteiger partial charge in [0.2, 0.25) is 5.91 Å². The van der Waals surface area contributed by atoms with Crippen LogP contribution in [0.4, 0.5) is 0 Å². The molecule has 100 valence electrons. The number of nitrogens with zero attached hydrogens (tertiary/aromatic N) is 1. The van der Waals surface area contributed by atoms with E-state index in [1.165, 1.54) is 12.8 Å². The van der Waals surface area contributed by atoms with E-state index in [4.69, 9.17) is 4.74 Å². The second-order valence-corrected chi connectivity index (χ2v) is 4.95. The van der Waals surface area contributed by atoms with Gasteiger partial charge in [-0.1, -0.05) is 6.42 Å². The van der Waals surface area contributed by atoms with Crippen LogP contribution in [-0.4, -0.2) is 50.2 Å². The van der Waals surface area contributed by atoms with Crippen molar-refractivity contribution in [1.82, 2.24) is 10.2 Å². The Bertz CT molecular complexity index is 239. The van der Waals surface area contributed by atoms with Crippen molar-refractivity contribution in [1.29, 1.82) is 0 Å². The van der Waals surface area contributed by atoms with Crippen LogP contribution in [0.2, 0.25) is 0 Å². The minimum Gasteiger partial charge on any atom is -0.381 e. The Morgan fingerprint density at radius 3 is 2.82 bits per heavy atom. The van der Waals surface area contributed by atoms with Gasteiger partial charge in [0.15, 0.2) is 0 Å². The van der Waals surface area contributed by atoms with Gasteiger partial charge >= 0.3 is 0 Å². The summed E-state index contributed by atoms with van der Waals surface area (Å²) in [6.45, 7) is 3.50. The van der Waals surface area contributed by atoms with Crippen LogP contribution in [0.3, 0.4) is 0 Å². The third kappa shape index (κ3) is 4.12. The summed E-state index contributed by atoms with van der Waals surface area (Å²) >= 11 is 0. The molecular formula is C12H23ClN2O2. The molecule has 0 spiro atoms. The topological polar surface area (TPSA) is 41.6 Å². The van der Waals surface area contributed by atoms with E-state index in [-0.39, 0.29) is 24.4 Å². The highest BCUT2D eigenvalue weighted by Gasteiger charge is 2.26. The van der Waals surface area contributed by atoms with Gasteiger partial charge in [-0.15, -0.1) is 12.4 Å². The molecule has 1 N–H and O–H groups in total. The van der Waals surface area contributed by atoms with Crippen molar-refractivity contribution in [3.63, 3.8) is 0 Å². The van der Waals surface area contributed by atoms with Crippen LogP contribution >= 0.6 is 12.4 Å². The van der Waals surface area contributed by atoms with Crippen LogP contribution in [0.25, 0.3) is 0 Å². The molecule has 0 radical (unpaired) electrons. The minimum absolute atomic E-state index is 0. The monoisotopic (exact) mass is 262 g/mol. The lowest BCUT2D eigenvalue weighted by Crippen LogP contribution is -2.48. The predicted octanol–water partition coefficient (Wildman–Crippen LogP) is 1.05. The number of rotatable bonds is 3. The van der Waals surface area contributed by atoms with Gasteiger partial charge < -0.3 is 15.0 Å². The molecule has 1 amide bonds. The Morgan fingerprint density at radius 1 is 1.41 bits per heavy atom. The zero-order valence-electron chi connectivity index (χ0n) is 10.5. The molecule has 0 bridgehead atoms. The first-order chi connectivity index (χ1) is 7.77. The minimum atomic E-state index is 0. The Labute approximate surface area is 109 Å². The van der Waals surface area contributed by atoms with Crippen molar-refractivity contribution in [2.45, 2.75) is 31.7 Å². The van der Waals surface area contributed by atoms with Crippen LogP contribution in [-0.2, 0) is 9.53 Å². The smallest absolute Gasteiger partial charge is 0.239 e. The molecule has 2 aliphatic rings. The number of halogens is 1. The molecule has 2 fully saturated rings. The standard InChI is InChI=1S/C12H22N2O2.ClH/c1-14(8-10-5-7-16-9-10)12(15)11-4-2-3-6-13-11;/h10-11,13H,2-9H2,1H3;1H. The summed E-state index contributed by atoms with van der Waals surface area (Å²) in [5.74, 6) is 0.796. The van der Waals surface area contributed by atoms with Crippen molar-refractivity contribution < 1.29 is 9.53 Å². The van der Waals surface area contributed by atoms with Crippen molar-refractivity contribution >= 4 is 18.3 Å². The van der Waals surface area contributed by atoms with Gasteiger partial charge in [-0.3, -0.25) is 4.79 Å². The fourth-order valence-corrected chi connectivity index (χ4v) is 2.53. The Kier molecular flexibility index (Phi) is 6.23. The molecule has 4 nitrogen and oxygen atoms in total. The number of hydrogen-bond donors (Lipinski definition) is 1. The number of amides is 1. The Morgan fingerprint density at radius 2 is 2.24 bits per heavy atom. The highest BCUT2D eigenvalue weighted by Crippen LogP contribution is 2.15. The second kappa shape index (κ2) is 7.19. The number of carbonyl (C=O) groups is 1. The van der Waals surface area contributed by atoms with E-state index in [0.29, 0.717) is 5.92 Å². The van der Waals surface area contributed by atoms with Gasteiger partial charge in [0.1, 0.15) is 0 Å². The molecule has 2 rings (SSSR count). The molecular weight excluding hydrogens is 240 g/mol. The van der Waals surface area contributed by atoms with Gasteiger partial charge in [0.25, 0.3) is 0 Å². The van der Waals surface area contributed by atoms with Crippen molar-refractivity contribution in [2.75, 3.05) is 33.4 Å². The van der Waals surface area contributed by atoms with Gasteiger partial charge in [-0.2, -0.15) is 0 Å². The number of nitrogens with one attached hydrogen (secondary N) is 1. The normalized spacial score (nSPS) is 28.5. The first-order valence-electron chi connectivity index (χ1n) is 6.33. The van der Waals surface area contributed by atoms with Crippen LogP contribution in [0.1, 0.15) is 25.7 Å². The molecule has 2 saturated heterocycles. The average molecular weight is 263 g/mol. The molecule has 0 aliphatic carbocycles. The third-order valence-electron chi connectivity index (χ3n) is 3.54. The zero-order valence-corrected chi connectivity index (χ0v) is 11.3. The zero-order chi connectivity index (χ0) is 11.4. The maximum atomic E-state index is 12.1. The predicted molar refractivity (Wildman–Crippen MR) is 69.5 cm³/mol. The average Bonchev–Trinajstić information content (AvgIpc) is 2.82. The fraction of sp³-hybridized carbons (Fsp3) is 0.917. The van der Waals surface area contributed by atoms with E-state index in [9.17, 15) is 4.79 Å². The first kappa shape index (κ1) is 14.7. The number of carbonyl (C=O) groups excluding carboxylic acids is 1. The molecule has 2 atom stereocenters. The molecule has 0 saturated carbocycles. The Hall–Kier alpha value is -0.320. The van der Waals surface area contributed by atoms with Gasteiger partial charge in [-0.25, -0.2) is 0 Å². The maximum Gasteiger partial charge on any atom is 0.239 e. The van der Waals surface area contributed by atoms with E-state index in [1.54, 1.807) is 0 Å². The van der Waals surface area contributed by atoms with E-state index >= 15 is 0 Å². The van der Waals surface area contributed by atoms with Crippen LogP contribution in [0.15, 0.2) is 0 Å². The number of ether oxygens (including phenoxy) is 1. The summed E-state index contributed by atoms with van der Waals surface area (Å²) < 4.78 is 5.33. The summed E-state index contributed by atoms with van der Waals surface area (Å²) in [6.07, 6.45) is 4.45. The lowest BCUT2D eigenvalue weighted by atomic mass is 10.0. The molecule has 17 heavy (non-hydrogen) atoms. The summed E-state index contributed by atoms with van der Waals surface area (Å²) in [6, 6.07) is 0.0565. The van der Waals surface area contributed by atoms with E-state index in [0.717, 1.165) is 39.1 Å². The summed E-state index contributed by atoms with van der Waals surface area (Å²) in [4.78, 5) is 14.0. The molecule has 0 aromatic heterocycles. The third-order valence-corrected chi connectivity index (χ3v) is 3.54. The number of hydrogen-bond acceptors (Lipinski definition) is 3. The number of likely N-dealkylation sites (N-methyl/N-ethyl adjacent to an activating group) is 1. The quantitative estimate of drug-likeness (QED) is 0.827. The lowest BCUT2D eigenvalue weighted by Gasteiger charge is -2.28. The molecule has 2 aliphatic heterocycles. The van der Waals surface area contributed by atoms with Gasteiger partial charge in [0, 0.05) is 26.1 Å². The largest absolute Gasteiger partial charge is 0.381 e. The summed E-state index contributed by atoms with van der Waals surface area (Å²) in [5.41, 5.74) is 0. The van der Waals surface area contributed by atoms with Crippen LogP contribution in [0, 0.1) is 5.92 Å². The van der Waals surface area contributed by atoms with E-state index < -0.39 is 0 Å². The van der Waals surface area contributed by atoms with Gasteiger partial charge in [-0.05, 0) is 25.8 Å². The van der Waals surface area contributed by atoms with Crippen molar-refractivity contribution in [2.24, 2.45) is 5.92 Å². The van der Waals surface area contributed by atoms with Crippen LogP contribution < -0.4 is 5.32 Å². The first-order valence-corrected chi connectivity index (χ1v) is 6.33. The molecule has 0 aromatic rings. The van der Waals surface area contributed by atoms with Crippen LogP contribution in [0.5, 0.6) is 0 Å². The van der Waals surface area contributed by atoms with E-state index in [1.807, 2.05) is 11.9 Å². The fourth-order valence-electron chi connectivity index (χ4n) is 2.53. The summed E-state index contributed by atoms with van der Waals surface area (Å²) in [7, 11) is 1.91. The van der Waals surface area contributed by atoms with Crippen molar-refractivity contribution in [3.8, 4) is 0 Å². The highest BCUT2D eigenvalue weighted by molar-refractivity contribution is 5.85. The molecule has 5 heteroatoms. The van der Waals surface area contributed by atoms with Gasteiger partial charge in [0.05, 0.1) is 12.6 Å². The molecule has 2 heterocycles. The van der Waals surface area contributed by atoms with E-state index in [2.05, 4.69) is 5.32 Å². The number of piperidine rings is 1.